The molecule has 1 amide bonds. The zero-order chi connectivity index (χ0) is 17.0. The summed E-state index contributed by atoms with van der Waals surface area (Å²) in [4.78, 5) is 26.2. The van der Waals surface area contributed by atoms with Gasteiger partial charge in [-0.3, -0.25) is 9.59 Å². The van der Waals surface area contributed by atoms with Gasteiger partial charge in [0.15, 0.2) is 5.78 Å². The number of carbonyl (C=O) groups is 2. The summed E-state index contributed by atoms with van der Waals surface area (Å²) < 4.78 is 14.6. The van der Waals surface area contributed by atoms with Crippen LogP contribution in [0.5, 0.6) is 0 Å². The molecule has 7 heteroatoms. The van der Waals surface area contributed by atoms with E-state index in [1.54, 1.807) is 24.1 Å². The van der Waals surface area contributed by atoms with Gasteiger partial charge in [-0.2, -0.15) is 0 Å². The van der Waals surface area contributed by atoms with Gasteiger partial charge in [-0.1, -0.05) is 17.7 Å². The second kappa shape index (κ2) is 7.95. The lowest BCUT2D eigenvalue weighted by Crippen LogP contribution is -2.27. The molecule has 0 saturated carbocycles. The molecule has 0 N–H and O–H groups in total. The number of hydrogen-bond acceptors (Lipinski definition) is 4. The molecule has 0 radical (unpaired) electrons. The molecule has 0 aliphatic carbocycles. The maximum absolute atomic E-state index is 13.9. The molecule has 1 aromatic carbocycles. The first-order valence-electron chi connectivity index (χ1n) is 6.78. The van der Waals surface area contributed by atoms with E-state index in [1.807, 2.05) is 6.07 Å². The summed E-state index contributed by atoms with van der Waals surface area (Å²) in [6.07, 6.45) is 0. The highest BCUT2D eigenvalue weighted by Crippen LogP contribution is 2.25. The van der Waals surface area contributed by atoms with Crippen LogP contribution in [-0.2, 0) is 11.3 Å². The van der Waals surface area contributed by atoms with Crippen molar-refractivity contribution < 1.29 is 14.0 Å². The van der Waals surface area contributed by atoms with Crippen molar-refractivity contribution in [2.75, 3.05) is 12.8 Å². The lowest BCUT2D eigenvalue weighted by atomic mass is 10.1. The molecule has 0 spiro atoms. The van der Waals surface area contributed by atoms with E-state index in [0.717, 1.165) is 16.6 Å². The third-order valence-electron chi connectivity index (χ3n) is 3.14. The van der Waals surface area contributed by atoms with Gasteiger partial charge in [0.05, 0.1) is 16.6 Å². The number of benzene rings is 1. The van der Waals surface area contributed by atoms with Gasteiger partial charge in [-0.05, 0) is 31.2 Å². The highest BCUT2D eigenvalue weighted by Gasteiger charge is 2.13. The van der Waals surface area contributed by atoms with E-state index in [9.17, 15) is 14.0 Å². The zero-order valence-electron chi connectivity index (χ0n) is 12.6. The van der Waals surface area contributed by atoms with Crippen LogP contribution in [0.4, 0.5) is 4.39 Å². The molecule has 2 aromatic rings. The number of nitrogens with zero attached hydrogens (tertiary/aromatic N) is 1. The van der Waals surface area contributed by atoms with Gasteiger partial charge in [-0.25, -0.2) is 4.39 Å². The molecular formula is C16H15ClFNO2S2. The largest absolute Gasteiger partial charge is 0.340 e. The zero-order valence-corrected chi connectivity index (χ0v) is 15.0. The average Bonchev–Trinajstić information content (AvgIpc) is 2.90. The number of halogens is 2. The highest BCUT2D eigenvalue weighted by atomic mass is 35.5. The van der Waals surface area contributed by atoms with E-state index in [4.69, 9.17) is 11.6 Å². The first-order chi connectivity index (χ1) is 10.9. The number of thioether (sulfide) groups is 1. The van der Waals surface area contributed by atoms with E-state index in [-0.39, 0.29) is 17.4 Å². The number of thiophene rings is 1. The van der Waals surface area contributed by atoms with Crippen molar-refractivity contribution in [2.45, 2.75) is 18.4 Å². The second-order valence-corrected chi connectivity index (χ2v) is 7.76. The maximum Gasteiger partial charge on any atom is 0.233 e. The number of rotatable bonds is 6. The minimum atomic E-state index is -0.483. The fraction of sp³-hybridized carbons (Fsp3) is 0.250. The topological polar surface area (TPSA) is 37.4 Å². The van der Waals surface area contributed by atoms with E-state index in [1.165, 1.54) is 30.4 Å². The van der Waals surface area contributed by atoms with Crippen molar-refractivity contribution in [3.05, 3.63) is 50.9 Å². The molecule has 122 valence electrons. The van der Waals surface area contributed by atoms with Gasteiger partial charge in [0.1, 0.15) is 5.82 Å². The number of Topliss-reactive ketones (excluding diaryl/α,β-unsaturated/α-hetero) is 1. The third-order valence-corrected chi connectivity index (χ3v) is 5.39. The maximum atomic E-state index is 13.9. The van der Waals surface area contributed by atoms with E-state index in [2.05, 4.69) is 0 Å². The molecule has 0 bridgehead atoms. The first kappa shape index (κ1) is 18.0. The molecule has 2 rings (SSSR count). The SMILES string of the molecule is CC(=O)c1ccc(SCC(=O)N(C)Cc2ccc(Cl)s2)c(F)c1. The van der Waals surface area contributed by atoms with Crippen LogP contribution in [0.25, 0.3) is 0 Å². The van der Waals surface area contributed by atoms with E-state index in [0.29, 0.717) is 21.3 Å². The Morgan fingerprint density at radius 3 is 2.61 bits per heavy atom. The quantitative estimate of drug-likeness (QED) is 0.554. The molecule has 3 nitrogen and oxygen atoms in total. The lowest BCUT2D eigenvalue weighted by Gasteiger charge is -2.16. The Bertz CT molecular complexity index is 733. The normalized spacial score (nSPS) is 10.6. The molecule has 0 atom stereocenters. The van der Waals surface area contributed by atoms with Gasteiger partial charge in [0.2, 0.25) is 5.91 Å². The molecule has 0 aliphatic rings. The molecule has 1 aromatic heterocycles. The van der Waals surface area contributed by atoms with Crippen molar-refractivity contribution in [3.63, 3.8) is 0 Å². The van der Waals surface area contributed by atoms with Gasteiger partial charge >= 0.3 is 0 Å². The summed E-state index contributed by atoms with van der Waals surface area (Å²) in [5.41, 5.74) is 0.324. The number of amides is 1. The Morgan fingerprint density at radius 1 is 1.30 bits per heavy atom. The van der Waals surface area contributed by atoms with Crippen LogP contribution >= 0.6 is 34.7 Å². The first-order valence-corrected chi connectivity index (χ1v) is 8.96. The molecule has 23 heavy (non-hydrogen) atoms. The Balaban J connectivity index is 1.92. The molecule has 0 fully saturated rings. The van der Waals surface area contributed by atoms with Crippen LogP contribution in [0.3, 0.4) is 0 Å². The lowest BCUT2D eigenvalue weighted by molar-refractivity contribution is -0.127. The number of ketones is 1. The predicted molar refractivity (Wildman–Crippen MR) is 92.9 cm³/mol. The van der Waals surface area contributed by atoms with Crippen LogP contribution in [0.2, 0.25) is 4.34 Å². The minimum Gasteiger partial charge on any atom is -0.340 e. The Kier molecular flexibility index (Phi) is 6.21. The summed E-state index contributed by atoms with van der Waals surface area (Å²) in [5.74, 6) is -0.644. The summed E-state index contributed by atoms with van der Waals surface area (Å²) in [6.45, 7) is 1.86. The van der Waals surface area contributed by atoms with Crippen LogP contribution in [-0.4, -0.2) is 29.4 Å². The Hall–Kier alpha value is -1.37. The third kappa shape index (κ3) is 5.06. The smallest absolute Gasteiger partial charge is 0.233 e. The van der Waals surface area contributed by atoms with Crippen LogP contribution in [0.1, 0.15) is 22.2 Å². The van der Waals surface area contributed by atoms with Gasteiger partial charge < -0.3 is 4.90 Å². The molecule has 1 heterocycles. The van der Waals surface area contributed by atoms with Crippen molar-refractivity contribution in [1.29, 1.82) is 0 Å². The van der Waals surface area contributed by atoms with Crippen molar-refractivity contribution in [2.24, 2.45) is 0 Å². The fourth-order valence-electron chi connectivity index (χ4n) is 1.85. The van der Waals surface area contributed by atoms with Gasteiger partial charge in [-0.15, -0.1) is 23.1 Å². The molecular weight excluding hydrogens is 357 g/mol. The summed E-state index contributed by atoms with van der Waals surface area (Å²) in [6, 6.07) is 7.97. The van der Waals surface area contributed by atoms with Crippen molar-refractivity contribution >= 4 is 46.4 Å². The summed E-state index contributed by atoms with van der Waals surface area (Å²) in [5, 5.41) is 0. The molecule has 0 saturated heterocycles. The fourth-order valence-corrected chi connectivity index (χ4v) is 3.85. The van der Waals surface area contributed by atoms with Crippen LogP contribution in [0, 0.1) is 5.82 Å². The van der Waals surface area contributed by atoms with E-state index >= 15 is 0 Å². The molecule has 0 unspecified atom stereocenters. The van der Waals surface area contributed by atoms with E-state index < -0.39 is 5.82 Å². The number of carbonyl (C=O) groups excluding carboxylic acids is 2. The van der Waals surface area contributed by atoms with Crippen LogP contribution < -0.4 is 0 Å². The standard InChI is InChI=1S/C16H15ClFNO2S2/c1-10(20)11-3-5-14(13(18)7-11)22-9-16(21)19(2)8-12-4-6-15(17)23-12/h3-7H,8-9H2,1-2H3. The predicted octanol–water partition coefficient (Wildman–Crippen LogP) is 4.49. The monoisotopic (exact) mass is 371 g/mol. The average molecular weight is 372 g/mol. The van der Waals surface area contributed by atoms with Gasteiger partial charge in [0.25, 0.3) is 0 Å². The van der Waals surface area contributed by atoms with Gasteiger partial charge in [0, 0.05) is 22.4 Å². The Labute approximate surface area is 147 Å². The molecule has 0 aliphatic heterocycles. The summed E-state index contributed by atoms with van der Waals surface area (Å²) in [7, 11) is 1.70. The van der Waals surface area contributed by atoms with Crippen molar-refractivity contribution in [1.82, 2.24) is 4.90 Å². The second-order valence-electron chi connectivity index (χ2n) is 4.95. The highest BCUT2D eigenvalue weighted by molar-refractivity contribution is 8.00. The Morgan fingerprint density at radius 2 is 2.04 bits per heavy atom. The van der Waals surface area contributed by atoms with Crippen LogP contribution in [0.15, 0.2) is 35.2 Å². The summed E-state index contributed by atoms with van der Waals surface area (Å²) >= 11 is 8.41. The van der Waals surface area contributed by atoms with Crippen molar-refractivity contribution in [3.8, 4) is 0 Å². The number of hydrogen-bond donors (Lipinski definition) is 0. The minimum absolute atomic E-state index is 0.102.